The molecule has 172 valence electrons. The molecule has 0 saturated heterocycles. The number of aliphatic carboxylic acids is 1. The number of carboxylic acid groups (broad SMARTS) is 1. The summed E-state index contributed by atoms with van der Waals surface area (Å²) < 4.78 is 5.12. The molecule has 0 spiro atoms. The zero-order valence-corrected chi connectivity index (χ0v) is 19.0. The van der Waals surface area contributed by atoms with E-state index in [1.54, 1.807) is 12.1 Å². The predicted octanol–water partition coefficient (Wildman–Crippen LogP) is 4.59. The molecule has 3 N–H and O–H groups in total. The van der Waals surface area contributed by atoms with Crippen LogP contribution in [0.2, 0.25) is 10.0 Å². The van der Waals surface area contributed by atoms with Crippen molar-refractivity contribution in [3.05, 3.63) is 69.7 Å². The predicted molar refractivity (Wildman–Crippen MR) is 123 cm³/mol. The van der Waals surface area contributed by atoms with E-state index >= 15 is 0 Å². The third-order valence-corrected chi connectivity index (χ3v) is 5.22. The summed E-state index contributed by atoms with van der Waals surface area (Å²) in [5.41, 5.74) is 1.50. The van der Waals surface area contributed by atoms with Gasteiger partial charge in [-0.05, 0) is 36.1 Å². The fourth-order valence-electron chi connectivity index (χ4n) is 2.93. The van der Waals surface area contributed by atoms with E-state index in [0.29, 0.717) is 41.4 Å². The van der Waals surface area contributed by atoms with Gasteiger partial charge in [0.25, 0.3) is 0 Å². The van der Waals surface area contributed by atoms with Gasteiger partial charge in [0.15, 0.2) is 0 Å². The molecule has 0 saturated carbocycles. The fourth-order valence-corrected chi connectivity index (χ4v) is 3.41. The van der Waals surface area contributed by atoms with E-state index in [-0.39, 0.29) is 25.4 Å². The van der Waals surface area contributed by atoms with Crippen molar-refractivity contribution in [1.82, 2.24) is 10.6 Å². The van der Waals surface area contributed by atoms with Crippen molar-refractivity contribution < 1.29 is 24.2 Å². The van der Waals surface area contributed by atoms with Crippen molar-refractivity contribution in [2.75, 3.05) is 6.54 Å². The SMILES string of the molecule is O=C(CCCCCNC(=O)OCc1ccccc1)N[C@H](Cc1ccc(Cl)cc1Cl)C(=O)O. The number of nitrogens with one attached hydrogen (secondary N) is 2. The molecule has 0 bridgehead atoms. The highest BCUT2D eigenvalue weighted by Gasteiger charge is 2.21. The Balaban J connectivity index is 1.61. The molecular weight excluding hydrogens is 455 g/mol. The van der Waals surface area contributed by atoms with Gasteiger partial charge in [-0.1, -0.05) is 66.0 Å². The van der Waals surface area contributed by atoms with E-state index in [4.69, 9.17) is 27.9 Å². The molecule has 0 aliphatic rings. The van der Waals surface area contributed by atoms with Gasteiger partial charge < -0.3 is 20.5 Å². The molecule has 9 heteroatoms. The first-order chi connectivity index (χ1) is 15.3. The van der Waals surface area contributed by atoms with Crippen molar-refractivity contribution in [3.8, 4) is 0 Å². The molecule has 0 aliphatic heterocycles. The second-order valence-corrected chi connectivity index (χ2v) is 8.04. The van der Waals surface area contributed by atoms with E-state index in [2.05, 4.69) is 10.6 Å². The number of amides is 2. The van der Waals surface area contributed by atoms with Gasteiger partial charge in [-0.3, -0.25) is 4.79 Å². The first-order valence-corrected chi connectivity index (χ1v) is 11.0. The van der Waals surface area contributed by atoms with Crippen LogP contribution in [-0.4, -0.2) is 35.7 Å². The number of hydrogen-bond donors (Lipinski definition) is 3. The first kappa shape index (κ1) is 25.5. The summed E-state index contributed by atoms with van der Waals surface area (Å²) in [5, 5.41) is 15.4. The van der Waals surface area contributed by atoms with Crippen LogP contribution in [0, 0.1) is 0 Å². The topological polar surface area (TPSA) is 105 Å². The molecule has 2 aromatic rings. The molecule has 32 heavy (non-hydrogen) atoms. The van der Waals surface area contributed by atoms with E-state index in [0.717, 1.165) is 5.56 Å². The maximum atomic E-state index is 12.1. The molecule has 1 atom stereocenters. The van der Waals surface area contributed by atoms with Crippen LogP contribution in [0.25, 0.3) is 0 Å². The number of benzene rings is 2. The molecule has 0 heterocycles. The first-order valence-electron chi connectivity index (χ1n) is 10.3. The summed E-state index contributed by atoms with van der Waals surface area (Å²) in [6.07, 6.45) is 1.71. The third kappa shape index (κ3) is 9.58. The summed E-state index contributed by atoms with van der Waals surface area (Å²) in [7, 11) is 0. The lowest BCUT2D eigenvalue weighted by molar-refractivity contribution is -0.141. The number of unbranched alkanes of at least 4 members (excludes halogenated alkanes) is 2. The summed E-state index contributed by atoms with van der Waals surface area (Å²) in [6, 6.07) is 13.1. The minimum atomic E-state index is -1.14. The molecule has 2 aromatic carbocycles. The number of halogens is 2. The van der Waals surface area contributed by atoms with Gasteiger partial charge >= 0.3 is 12.1 Å². The molecule has 0 unspecified atom stereocenters. The van der Waals surface area contributed by atoms with Gasteiger partial charge in [-0.15, -0.1) is 0 Å². The molecule has 0 aliphatic carbocycles. The van der Waals surface area contributed by atoms with Gasteiger partial charge in [-0.25, -0.2) is 9.59 Å². The van der Waals surface area contributed by atoms with Crippen LogP contribution >= 0.6 is 23.2 Å². The Morgan fingerprint density at radius 2 is 1.75 bits per heavy atom. The Morgan fingerprint density at radius 1 is 1.00 bits per heavy atom. The number of carbonyl (C=O) groups excluding carboxylic acids is 2. The highest BCUT2D eigenvalue weighted by atomic mass is 35.5. The average Bonchev–Trinajstić information content (AvgIpc) is 2.76. The van der Waals surface area contributed by atoms with Crippen molar-refractivity contribution in [2.24, 2.45) is 0 Å². The van der Waals surface area contributed by atoms with E-state index in [1.807, 2.05) is 30.3 Å². The summed E-state index contributed by atoms with van der Waals surface area (Å²) in [6.45, 7) is 0.640. The van der Waals surface area contributed by atoms with E-state index in [9.17, 15) is 19.5 Å². The van der Waals surface area contributed by atoms with Crippen molar-refractivity contribution in [3.63, 3.8) is 0 Å². The van der Waals surface area contributed by atoms with Crippen LogP contribution in [0.4, 0.5) is 4.79 Å². The highest BCUT2D eigenvalue weighted by molar-refractivity contribution is 6.35. The molecule has 2 rings (SSSR count). The normalized spacial score (nSPS) is 11.4. The lowest BCUT2D eigenvalue weighted by Crippen LogP contribution is -2.42. The van der Waals surface area contributed by atoms with E-state index in [1.165, 1.54) is 6.07 Å². The second kappa shape index (κ2) is 13.6. The van der Waals surface area contributed by atoms with Gasteiger partial charge in [0.1, 0.15) is 12.6 Å². The zero-order chi connectivity index (χ0) is 23.3. The molecule has 7 nitrogen and oxygen atoms in total. The molecule has 0 fully saturated rings. The minimum absolute atomic E-state index is 0.0616. The molecule has 0 aromatic heterocycles. The van der Waals surface area contributed by atoms with Crippen molar-refractivity contribution in [2.45, 2.75) is 44.8 Å². The van der Waals surface area contributed by atoms with Crippen LogP contribution in [0.5, 0.6) is 0 Å². The van der Waals surface area contributed by atoms with Gasteiger partial charge in [0, 0.05) is 29.4 Å². The molecule has 0 radical (unpaired) electrons. The van der Waals surface area contributed by atoms with Crippen LogP contribution in [0.15, 0.2) is 48.5 Å². The van der Waals surface area contributed by atoms with Crippen LogP contribution in [-0.2, 0) is 27.4 Å². The summed E-state index contributed by atoms with van der Waals surface area (Å²) in [5.74, 6) is -1.49. The number of ether oxygens (including phenoxy) is 1. The number of carboxylic acids is 1. The standard InChI is InChI=1S/C23H26Cl2N2O5/c24-18-11-10-17(19(25)14-18)13-20(22(29)30)27-21(28)9-5-2-6-12-26-23(31)32-15-16-7-3-1-4-8-16/h1,3-4,7-8,10-11,14,20H,2,5-6,9,12-13,15H2,(H,26,31)(H,27,28)(H,29,30)/t20-/m1/s1. The summed E-state index contributed by atoms with van der Waals surface area (Å²) >= 11 is 11.9. The lowest BCUT2D eigenvalue weighted by Gasteiger charge is -2.15. The maximum absolute atomic E-state index is 12.1. The Morgan fingerprint density at radius 3 is 2.44 bits per heavy atom. The highest BCUT2D eigenvalue weighted by Crippen LogP contribution is 2.22. The maximum Gasteiger partial charge on any atom is 0.407 e. The minimum Gasteiger partial charge on any atom is -0.480 e. The molecule has 2 amide bonds. The smallest absolute Gasteiger partial charge is 0.407 e. The Hall–Kier alpha value is -2.77. The Bertz CT molecular complexity index is 909. The average molecular weight is 481 g/mol. The van der Waals surface area contributed by atoms with Crippen molar-refractivity contribution in [1.29, 1.82) is 0 Å². The van der Waals surface area contributed by atoms with Crippen LogP contribution in [0.1, 0.15) is 36.8 Å². The van der Waals surface area contributed by atoms with E-state index < -0.39 is 18.1 Å². The van der Waals surface area contributed by atoms with Crippen molar-refractivity contribution >= 4 is 41.2 Å². The Kier molecular flexibility index (Phi) is 10.8. The monoisotopic (exact) mass is 480 g/mol. The van der Waals surface area contributed by atoms with Gasteiger partial charge in [0.2, 0.25) is 5.91 Å². The fraction of sp³-hybridized carbons (Fsp3) is 0.348. The second-order valence-electron chi connectivity index (χ2n) is 7.20. The van der Waals surface area contributed by atoms with Crippen LogP contribution in [0.3, 0.4) is 0 Å². The number of hydrogen-bond acceptors (Lipinski definition) is 4. The molecular formula is C23H26Cl2N2O5. The quantitative estimate of drug-likeness (QED) is 0.385. The third-order valence-electron chi connectivity index (χ3n) is 4.64. The Labute approximate surface area is 197 Å². The number of rotatable bonds is 12. The largest absolute Gasteiger partial charge is 0.480 e. The number of alkyl carbamates (subject to hydrolysis) is 1. The zero-order valence-electron chi connectivity index (χ0n) is 17.5. The van der Waals surface area contributed by atoms with Gasteiger partial charge in [0.05, 0.1) is 0 Å². The van der Waals surface area contributed by atoms with Crippen LogP contribution < -0.4 is 10.6 Å². The number of carbonyl (C=O) groups is 3. The summed E-state index contributed by atoms with van der Waals surface area (Å²) in [4.78, 5) is 35.3. The van der Waals surface area contributed by atoms with Gasteiger partial charge in [-0.2, -0.15) is 0 Å². The lowest BCUT2D eigenvalue weighted by atomic mass is 10.1.